The maximum atomic E-state index is 11.0. The second-order valence-corrected chi connectivity index (χ2v) is 3.83. The number of primary amides is 1. The van der Waals surface area contributed by atoms with Gasteiger partial charge in [0.2, 0.25) is 0 Å². The SMILES string of the molecule is NC(=O)c1cnc2cc(Cl)ccc2c1Cl. The van der Waals surface area contributed by atoms with Crippen LogP contribution < -0.4 is 5.73 Å². The molecule has 5 heteroatoms. The number of nitrogens with zero attached hydrogens (tertiary/aromatic N) is 1. The highest BCUT2D eigenvalue weighted by Gasteiger charge is 2.10. The molecule has 0 aliphatic heterocycles. The molecule has 0 aliphatic rings. The molecule has 0 aliphatic carbocycles. The molecule has 0 spiro atoms. The van der Waals surface area contributed by atoms with Gasteiger partial charge in [0.15, 0.2) is 0 Å². The molecule has 1 heterocycles. The molecular formula is C10H6Cl2N2O. The number of carbonyl (C=O) groups excluding carboxylic acids is 1. The summed E-state index contributed by atoms with van der Waals surface area (Å²) < 4.78 is 0. The van der Waals surface area contributed by atoms with Gasteiger partial charge < -0.3 is 5.73 Å². The summed E-state index contributed by atoms with van der Waals surface area (Å²) in [6, 6.07) is 5.06. The number of aromatic nitrogens is 1. The lowest BCUT2D eigenvalue weighted by Crippen LogP contribution is -2.12. The van der Waals surface area contributed by atoms with Crippen LogP contribution in [0.25, 0.3) is 10.9 Å². The van der Waals surface area contributed by atoms with Crippen molar-refractivity contribution in [3.8, 4) is 0 Å². The summed E-state index contributed by atoms with van der Waals surface area (Å²) in [5.74, 6) is -0.593. The number of fused-ring (bicyclic) bond motifs is 1. The molecule has 0 fully saturated rings. The highest BCUT2D eigenvalue weighted by Crippen LogP contribution is 2.27. The Balaban J connectivity index is 2.80. The van der Waals surface area contributed by atoms with Crippen LogP contribution in [0.2, 0.25) is 10.0 Å². The van der Waals surface area contributed by atoms with Crippen molar-refractivity contribution in [1.29, 1.82) is 0 Å². The Kier molecular flexibility index (Phi) is 2.50. The third-order valence-corrected chi connectivity index (χ3v) is 2.67. The van der Waals surface area contributed by atoms with Gasteiger partial charge in [-0.05, 0) is 18.2 Å². The number of halogens is 2. The van der Waals surface area contributed by atoms with E-state index in [2.05, 4.69) is 4.98 Å². The van der Waals surface area contributed by atoms with Crippen LogP contribution in [0.3, 0.4) is 0 Å². The lowest BCUT2D eigenvalue weighted by molar-refractivity contribution is 0.100. The molecule has 0 saturated heterocycles. The first-order chi connectivity index (χ1) is 7.09. The van der Waals surface area contributed by atoms with E-state index in [9.17, 15) is 4.79 Å². The Morgan fingerprint density at radius 2 is 2.07 bits per heavy atom. The van der Waals surface area contributed by atoms with Gasteiger partial charge in [-0.25, -0.2) is 0 Å². The molecule has 1 aromatic carbocycles. The molecule has 0 radical (unpaired) electrons. The summed E-state index contributed by atoms with van der Waals surface area (Å²) in [6.45, 7) is 0. The molecule has 2 rings (SSSR count). The highest BCUT2D eigenvalue weighted by atomic mass is 35.5. The zero-order chi connectivity index (χ0) is 11.0. The number of amides is 1. The average molecular weight is 241 g/mol. The molecular weight excluding hydrogens is 235 g/mol. The Hall–Kier alpha value is -1.32. The summed E-state index contributed by atoms with van der Waals surface area (Å²) in [4.78, 5) is 15.1. The molecule has 2 aromatic rings. The Morgan fingerprint density at radius 3 is 2.73 bits per heavy atom. The fourth-order valence-corrected chi connectivity index (χ4v) is 1.77. The van der Waals surface area contributed by atoms with Crippen molar-refractivity contribution < 1.29 is 4.79 Å². The highest BCUT2D eigenvalue weighted by molar-refractivity contribution is 6.38. The summed E-state index contributed by atoms with van der Waals surface area (Å²) >= 11 is 11.8. The third kappa shape index (κ3) is 1.76. The molecule has 0 bridgehead atoms. The lowest BCUT2D eigenvalue weighted by Gasteiger charge is -2.03. The van der Waals surface area contributed by atoms with Crippen molar-refractivity contribution in [2.24, 2.45) is 5.73 Å². The van der Waals surface area contributed by atoms with Gasteiger partial charge in [0.1, 0.15) is 0 Å². The quantitative estimate of drug-likeness (QED) is 0.834. The summed E-state index contributed by atoms with van der Waals surface area (Å²) in [5, 5.41) is 1.54. The van der Waals surface area contributed by atoms with E-state index >= 15 is 0 Å². The first-order valence-electron chi connectivity index (χ1n) is 4.13. The normalized spacial score (nSPS) is 10.5. The topological polar surface area (TPSA) is 56.0 Å². The summed E-state index contributed by atoms with van der Waals surface area (Å²) in [7, 11) is 0. The van der Waals surface area contributed by atoms with Gasteiger partial charge in [0.05, 0.1) is 16.1 Å². The standard InChI is InChI=1S/C10H6Cl2N2O/c11-5-1-2-6-8(3-5)14-4-7(9(6)12)10(13)15/h1-4H,(H2,13,15). The number of rotatable bonds is 1. The van der Waals surface area contributed by atoms with Crippen LogP contribution in [-0.2, 0) is 0 Å². The van der Waals surface area contributed by atoms with Crippen LogP contribution >= 0.6 is 23.2 Å². The van der Waals surface area contributed by atoms with Crippen molar-refractivity contribution in [2.45, 2.75) is 0 Å². The lowest BCUT2D eigenvalue weighted by atomic mass is 10.1. The van der Waals surface area contributed by atoms with Gasteiger partial charge >= 0.3 is 0 Å². The fraction of sp³-hybridized carbons (Fsp3) is 0. The molecule has 15 heavy (non-hydrogen) atoms. The minimum absolute atomic E-state index is 0.214. The van der Waals surface area contributed by atoms with Gasteiger partial charge in [-0.2, -0.15) is 0 Å². The number of hydrogen-bond donors (Lipinski definition) is 1. The van der Waals surface area contributed by atoms with Crippen LogP contribution in [0.5, 0.6) is 0 Å². The Bertz CT molecular complexity index is 554. The molecule has 1 amide bonds. The van der Waals surface area contributed by atoms with Gasteiger partial charge in [-0.15, -0.1) is 0 Å². The van der Waals surface area contributed by atoms with E-state index in [4.69, 9.17) is 28.9 Å². The second kappa shape index (κ2) is 3.68. The maximum Gasteiger partial charge on any atom is 0.251 e. The first kappa shape index (κ1) is 10.2. The second-order valence-electron chi connectivity index (χ2n) is 3.01. The van der Waals surface area contributed by atoms with Crippen molar-refractivity contribution in [1.82, 2.24) is 4.98 Å². The smallest absolute Gasteiger partial charge is 0.251 e. The Labute approximate surface area is 95.8 Å². The van der Waals surface area contributed by atoms with Gasteiger partial charge in [-0.1, -0.05) is 23.2 Å². The van der Waals surface area contributed by atoms with Crippen molar-refractivity contribution >= 4 is 40.0 Å². The monoisotopic (exact) mass is 240 g/mol. The van der Waals surface area contributed by atoms with E-state index in [0.29, 0.717) is 20.9 Å². The van der Waals surface area contributed by atoms with Crippen LogP contribution in [-0.4, -0.2) is 10.9 Å². The minimum Gasteiger partial charge on any atom is -0.366 e. The predicted octanol–water partition coefficient (Wildman–Crippen LogP) is 2.64. The number of carbonyl (C=O) groups is 1. The zero-order valence-corrected chi connectivity index (χ0v) is 9.01. The molecule has 1 aromatic heterocycles. The van der Waals surface area contributed by atoms with E-state index in [1.165, 1.54) is 6.20 Å². The summed E-state index contributed by atoms with van der Waals surface area (Å²) in [5.41, 5.74) is 6.00. The van der Waals surface area contributed by atoms with Crippen molar-refractivity contribution in [3.05, 3.63) is 40.0 Å². The van der Waals surface area contributed by atoms with Crippen molar-refractivity contribution in [3.63, 3.8) is 0 Å². The molecule has 2 N–H and O–H groups in total. The molecule has 0 unspecified atom stereocenters. The average Bonchev–Trinajstić information content (AvgIpc) is 2.17. The Morgan fingerprint density at radius 1 is 1.33 bits per heavy atom. The minimum atomic E-state index is -0.593. The van der Waals surface area contributed by atoms with E-state index in [0.717, 1.165) is 0 Å². The van der Waals surface area contributed by atoms with Crippen LogP contribution in [0.4, 0.5) is 0 Å². The van der Waals surface area contributed by atoms with Gasteiger partial charge in [0.25, 0.3) is 5.91 Å². The fourth-order valence-electron chi connectivity index (χ4n) is 1.30. The van der Waals surface area contributed by atoms with Crippen LogP contribution in [0, 0.1) is 0 Å². The van der Waals surface area contributed by atoms with E-state index in [1.54, 1.807) is 18.2 Å². The number of benzene rings is 1. The van der Waals surface area contributed by atoms with E-state index < -0.39 is 5.91 Å². The number of hydrogen-bond acceptors (Lipinski definition) is 2. The molecule has 76 valence electrons. The van der Waals surface area contributed by atoms with E-state index in [-0.39, 0.29) is 5.56 Å². The number of nitrogens with two attached hydrogens (primary N) is 1. The van der Waals surface area contributed by atoms with Crippen LogP contribution in [0.15, 0.2) is 24.4 Å². The molecule has 0 atom stereocenters. The largest absolute Gasteiger partial charge is 0.366 e. The van der Waals surface area contributed by atoms with Gasteiger partial charge in [-0.3, -0.25) is 9.78 Å². The van der Waals surface area contributed by atoms with Crippen molar-refractivity contribution in [2.75, 3.05) is 0 Å². The molecule has 3 nitrogen and oxygen atoms in total. The third-order valence-electron chi connectivity index (χ3n) is 2.03. The van der Waals surface area contributed by atoms with Gasteiger partial charge in [0, 0.05) is 16.6 Å². The molecule has 0 saturated carbocycles. The number of pyridine rings is 1. The summed E-state index contributed by atoms with van der Waals surface area (Å²) in [6.07, 6.45) is 1.35. The maximum absolute atomic E-state index is 11.0. The zero-order valence-electron chi connectivity index (χ0n) is 7.50. The van der Waals surface area contributed by atoms with Crippen LogP contribution in [0.1, 0.15) is 10.4 Å². The predicted molar refractivity (Wildman–Crippen MR) is 60.3 cm³/mol. The first-order valence-corrected chi connectivity index (χ1v) is 4.89. The van der Waals surface area contributed by atoms with E-state index in [1.807, 2.05) is 0 Å².